The molecule has 14 heavy (non-hydrogen) atoms. The fourth-order valence-corrected chi connectivity index (χ4v) is 0.813. The molecule has 0 atom stereocenters. The predicted octanol–water partition coefficient (Wildman–Crippen LogP) is 0.880. The number of rotatable bonds is 1. The first-order valence-corrected chi connectivity index (χ1v) is 4.01. The van der Waals surface area contributed by atoms with Crippen molar-refractivity contribution in [3.05, 3.63) is 35.4 Å². The molecule has 0 aliphatic carbocycles. The van der Waals surface area contributed by atoms with Crippen LogP contribution in [-0.2, 0) is 0 Å². The predicted molar refractivity (Wildman–Crippen MR) is 60.3 cm³/mol. The second-order valence-electron chi connectivity index (χ2n) is 2.62. The molecule has 0 radical (unpaired) electrons. The molecule has 0 fully saturated rings. The van der Waals surface area contributed by atoms with Gasteiger partial charge in [-0.3, -0.25) is 0 Å². The van der Waals surface area contributed by atoms with E-state index in [4.69, 9.17) is 5.11 Å². The maximum atomic E-state index is 10.4. The maximum absolute atomic E-state index is 10.4. The third-order valence-electron chi connectivity index (χ3n) is 1.38. The summed E-state index contributed by atoms with van der Waals surface area (Å²) in [5, 5.41) is 11.3. The summed E-state index contributed by atoms with van der Waals surface area (Å²) < 4.78 is 0. The van der Waals surface area contributed by atoms with Crippen molar-refractivity contribution in [3.8, 4) is 0 Å². The molecule has 0 bridgehead atoms. The van der Waals surface area contributed by atoms with Gasteiger partial charge in [0.05, 0.1) is 5.56 Å². The van der Waals surface area contributed by atoms with Gasteiger partial charge in [-0.05, 0) is 32.6 Å². The summed E-state index contributed by atoms with van der Waals surface area (Å²) in [6, 6.07) is 6.92. The molecular weight excluding hydrogens is 173 g/mol. The third-order valence-corrected chi connectivity index (χ3v) is 1.38. The Hall–Kier alpha value is -0.753. The van der Waals surface area contributed by atoms with E-state index in [0.29, 0.717) is 5.56 Å². The summed E-state index contributed by atoms with van der Waals surface area (Å²) in [6.07, 6.45) is 0. The number of aromatic carboxylic acids is 1. The molecular formula is C10H16LiNO2. The van der Waals surface area contributed by atoms with Gasteiger partial charge in [0.1, 0.15) is 0 Å². The molecule has 0 saturated heterocycles. The van der Waals surface area contributed by atoms with Crippen LogP contribution >= 0.6 is 0 Å². The number of hydrogen-bond donors (Lipinski definition) is 2. The molecule has 4 heteroatoms. The number of carbonyl (C=O) groups is 1. The average molecular weight is 189 g/mol. The normalized spacial score (nSPS) is 7.93. The summed E-state index contributed by atoms with van der Waals surface area (Å²) in [5.74, 6) is -0.863. The topological polar surface area (TPSA) is 49.3 Å². The summed E-state index contributed by atoms with van der Waals surface area (Å²) in [5.41, 5.74) is 1.18. The fourth-order valence-electron chi connectivity index (χ4n) is 0.813. The van der Waals surface area contributed by atoms with Gasteiger partial charge in [-0.2, -0.15) is 0 Å². The van der Waals surface area contributed by atoms with Crippen LogP contribution in [0.25, 0.3) is 0 Å². The van der Waals surface area contributed by atoms with Gasteiger partial charge in [-0.1, -0.05) is 18.2 Å². The molecule has 0 unspecified atom stereocenters. The van der Waals surface area contributed by atoms with E-state index in [-0.39, 0.29) is 18.9 Å². The van der Waals surface area contributed by atoms with Gasteiger partial charge in [0.15, 0.2) is 0 Å². The summed E-state index contributed by atoms with van der Waals surface area (Å²) in [6.45, 7) is 1.78. The van der Waals surface area contributed by atoms with Crippen LogP contribution < -0.4 is 5.32 Å². The van der Waals surface area contributed by atoms with Crippen molar-refractivity contribution >= 4 is 24.8 Å². The van der Waals surface area contributed by atoms with Crippen LogP contribution in [0, 0.1) is 6.92 Å². The van der Waals surface area contributed by atoms with Crippen molar-refractivity contribution in [3.63, 3.8) is 0 Å². The van der Waals surface area contributed by atoms with Gasteiger partial charge in [0, 0.05) is 0 Å². The first-order valence-electron chi connectivity index (χ1n) is 4.01. The van der Waals surface area contributed by atoms with Crippen molar-refractivity contribution in [1.82, 2.24) is 5.32 Å². The van der Waals surface area contributed by atoms with Gasteiger partial charge in [-0.25, -0.2) is 4.79 Å². The van der Waals surface area contributed by atoms with Gasteiger partial charge in [0.2, 0.25) is 0 Å². The Labute approximate surface area is 96.7 Å². The Balaban J connectivity index is 0. The summed E-state index contributed by atoms with van der Waals surface area (Å²) in [7, 11) is 3.75. The Bertz CT molecular complexity index is 277. The minimum absolute atomic E-state index is 0. The Morgan fingerprint density at radius 3 is 2.00 bits per heavy atom. The molecule has 0 heterocycles. The standard InChI is InChI=1S/C8H8O2.C2H7N.Li.H/c1-6-4-2-3-5-7(6)8(9)10;1-3-2;;/h2-5H,1H3,(H,9,10);3H,1-2H3;;. The Morgan fingerprint density at radius 2 is 1.71 bits per heavy atom. The van der Waals surface area contributed by atoms with Crippen molar-refractivity contribution in [1.29, 1.82) is 0 Å². The van der Waals surface area contributed by atoms with Crippen molar-refractivity contribution in [2.24, 2.45) is 0 Å². The van der Waals surface area contributed by atoms with E-state index in [9.17, 15) is 4.79 Å². The van der Waals surface area contributed by atoms with E-state index in [1.165, 1.54) is 0 Å². The van der Waals surface area contributed by atoms with Crippen LogP contribution in [0.15, 0.2) is 24.3 Å². The van der Waals surface area contributed by atoms with E-state index >= 15 is 0 Å². The average Bonchev–Trinajstić information content (AvgIpc) is 2.06. The van der Waals surface area contributed by atoms with Crippen molar-refractivity contribution in [2.75, 3.05) is 14.1 Å². The number of carboxylic acid groups (broad SMARTS) is 1. The van der Waals surface area contributed by atoms with E-state index in [2.05, 4.69) is 5.32 Å². The van der Waals surface area contributed by atoms with E-state index in [0.717, 1.165) is 5.56 Å². The second-order valence-corrected chi connectivity index (χ2v) is 2.62. The van der Waals surface area contributed by atoms with Gasteiger partial charge >= 0.3 is 24.8 Å². The SMILES string of the molecule is CNC.Cc1ccccc1C(=O)O.[LiH]. The molecule has 0 aromatic heterocycles. The zero-order valence-electron chi connectivity index (χ0n) is 8.16. The molecule has 0 aliphatic rings. The quantitative estimate of drug-likeness (QED) is 0.645. The van der Waals surface area contributed by atoms with E-state index in [1.54, 1.807) is 25.1 Å². The van der Waals surface area contributed by atoms with Gasteiger partial charge < -0.3 is 10.4 Å². The first kappa shape index (κ1) is 15.7. The van der Waals surface area contributed by atoms with E-state index < -0.39 is 5.97 Å². The number of benzene rings is 1. The number of hydrogen-bond acceptors (Lipinski definition) is 2. The first-order chi connectivity index (χ1) is 6.13. The van der Waals surface area contributed by atoms with Crippen LogP contribution in [0.4, 0.5) is 0 Å². The van der Waals surface area contributed by atoms with Crippen LogP contribution in [-0.4, -0.2) is 44.0 Å². The summed E-state index contributed by atoms with van der Waals surface area (Å²) >= 11 is 0. The van der Waals surface area contributed by atoms with Crippen molar-refractivity contribution in [2.45, 2.75) is 6.92 Å². The molecule has 74 valence electrons. The molecule has 1 aromatic carbocycles. The number of aryl methyl sites for hydroxylation is 1. The molecule has 0 amide bonds. The molecule has 1 aromatic rings. The molecule has 0 spiro atoms. The molecule has 0 saturated carbocycles. The molecule has 1 rings (SSSR count). The van der Waals surface area contributed by atoms with Crippen molar-refractivity contribution < 1.29 is 9.90 Å². The monoisotopic (exact) mass is 189 g/mol. The zero-order valence-corrected chi connectivity index (χ0v) is 8.16. The molecule has 3 nitrogen and oxygen atoms in total. The van der Waals surface area contributed by atoms with E-state index in [1.807, 2.05) is 20.2 Å². The van der Waals surface area contributed by atoms with Crippen LogP contribution in [0.1, 0.15) is 15.9 Å². The Morgan fingerprint density at radius 1 is 1.29 bits per heavy atom. The summed E-state index contributed by atoms with van der Waals surface area (Å²) in [4.78, 5) is 10.4. The molecule has 2 N–H and O–H groups in total. The second kappa shape index (κ2) is 8.83. The third kappa shape index (κ3) is 5.82. The number of nitrogens with one attached hydrogen (secondary N) is 1. The fraction of sp³-hybridized carbons (Fsp3) is 0.300. The van der Waals surface area contributed by atoms with Crippen LogP contribution in [0.5, 0.6) is 0 Å². The Kier molecular flexibility index (Phi) is 9.91. The minimum atomic E-state index is -0.863. The zero-order chi connectivity index (χ0) is 10.3. The number of carboxylic acids is 1. The van der Waals surface area contributed by atoms with Crippen LogP contribution in [0.3, 0.4) is 0 Å². The molecule has 0 aliphatic heterocycles. The van der Waals surface area contributed by atoms with Gasteiger partial charge in [-0.15, -0.1) is 0 Å². The van der Waals surface area contributed by atoms with Gasteiger partial charge in [0.25, 0.3) is 0 Å². The van der Waals surface area contributed by atoms with Crippen LogP contribution in [0.2, 0.25) is 0 Å².